The Morgan fingerprint density at radius 2 is 1.91 bits per heavy atom. The second-order valence-corrected chi connectivity index (χ2v) is 4.92. The van der Waals surface area contributed by atoms with Gasteiger partial charge in [-0.1, -0.05) is 30.3 Å². The van der Waals surface area contributed by atoms with Crippen LogP contribution in [-0.4, -0.2) is 21.7 Å². The summed E-state index contributed by atoms with van der Waals surface area (Å²) in [5, 5.41) is 22.8. The van der Waals surface area contributed by atoms with Gasteiger partial charge in [0.1, 0.15) is 11.5 Å². The molecule has 1 aliphatic heterocycles. The first-order chi connectivity index (χ1) is 11.1. The van der Waals surface area contributed by atoms with Crippen molar-refractivity contribution in [1.82, 2.24) is 5.06 Å². The maximum atomic E-state index is 14.2. The number of hydrogen-bond donors (Lipinski definition) is 1. The lowest BCUT2D eigenvalue weighted by atomic mass is 10.1. The van der Waals surface area contributed by atoms with Gasteiger partial charge in [0.15, 0.2) is 0 Å². The number of halogens is 1. The van der Waals surface area contributed by atoms with E-state index >= 15 is 0 Å². The molecule has 0 aromatic heterocycles. The first kappa shape index (κ1) is 14.9. The van der Waals surface area contributed by atoms with Crippen LogP contribution in [0.5, 0.6) is 0 Å². The Bertz CT molecular complexity index is 924. The van der Waals surface area contributed by atoms with Gasteiger partial charge in [0.05, 0.1) is 22.5 Å². The minimum atomic E-state index is -0.636. The van der Waals surface area contributed by atoms with Crippen molar-refractivity contribution in [3.05, 3.63) is 92.5 Å². The predicted octanol–water partition coefficient (Wildman–Crippen LogP) is 1.42. The van der Waals surface area contributed by atoms with Crippen molar-refractivity contribution in [1.29, 1.82) is 0 Å². The van der Waals surface area contributed by atoms with Crippen molar-refractivity contribution in [2.45, 2.75) is 0 Å². The first-order valence-electron chi connectivity index (χ1n) is 6.80. The van der Waals surface area contributed by atoms with E-state index in [2.05, 4.69) is 4.99 Å². The zero-order valence-electron chi connectivity index (χ0n) is 11.9. The summed E-state index contributed by atoms with van der Waals surface area (Å²) in [6, 6.07) is 12.8. The number of nitrogens with zero attached hydrogens (tertiary/aromatic N) is 3. The van der Waals surface area contributed by atoms with Crippen LogP contribution in [0.3, 0.4) is 0 Å². The van der Waals surface area contributed by atoms with Crippen LogP contribution in [0.15, 0.2) is 65.4 Å². The minimum Gasteiger partial charge on any atom is -0.288 e. The van der Waals surface area contributed by atoms with E-state index in [1.165, 1.54) is 12.1 Å². The van der Waals surface area contributed by atoms with Crippen LogP contribution in [0.25, 0.3) is 5.70 Å². The van der Waals surface area contributed by atoms with Gasteiger partial charge in [0.2, 0.25) is 0 Å². The van der Waals surface area contributed by atoms with E-state index in [0.29, 0.717) is 10.6 Å². The lowest BCUT2D eigenvalue weighted by molar-refractivity contribution is -0.403. The summed E-state index contributed by atoms with van der Waals surface area (Å²) in [5.74, 6) is -0.502. The van der Waals surface area contributed by atoms with Crippen molar-refractivity contribution in [2.24, 2.45) is 4.99 Å². The fourth-order valence-corrected chi connectivity index (χ4v) is 2.46. The molecule has 116 valence electrons. The largest absolute Gasteiger partial charge is 0.288 e. The molecule has 2 aromatic carbocycles. The molecule has 0 spiro atoms. The highest BCUT2D eigenvalue weighted by Crippen LogP contribution is 2.20. The van der Waals surface area contributed by atoms with Gasteiger partial charge < -0.3 is 0 Å². The van der Waals surface area contributed by atoms with E-state index in [4.69, 9.17) is 0 Å². The van der Waals surface area contributed by atoms with Crippen LogP contribution < -0.4 is 10.6 Å². The van der Waals surface area contributed by atoms with Crippen LogP contribution >= 0.6 is 0 Å². The summed E-state index contributed by atoms with van der Waals surface area (Å²) in [6.45, 7) is -0.223. The third kappa shape index (κ3) is 2.95. The molecule has 0 aliphatic carbocycles. The predicted molar refractivity (Wildman–Crippen MR) is 79.7 cm³/mol. The van der Waals surface area contributed by atoms with Crippen LogP contribution in [0.1, 0.15) is 5.56 Å². The first-order valence-corrected chi connectivity index (χ1v) is 6.80. The third-order valence-electron chi connectivity index (χ3n) is 3.38. The topological polar surface area (TPSA) is 79.0 Å². The summed E-state index contributed by atoms with van der Waals surface area (Å²) in [5.41, 5.74) is 0.477. The Kier molecular flexibility index (Phi) is 3.86. The number of hydrogen-bond acceptors (Lipinski definition) is 5. The molecule has 0 atom stereocenters. The maximum absolute atomic E-state index is 14.2. The van der Waals surface area contributed by atoms with Gasteiger partial charge in [-0.15, -0.1) is 0 Å². The van der Waals surface area contributed by atoms with Crippen molar-refractivity contribution < 1.29 is 14.5 Å². The molecule has 0 saturated carbocycles. The van der Waals surface area contributed by atoms with Crippen LogP contribution in [0.4, 0.5) is 4.39 Å². The van der Waals surface area contributed by atoms with E-state index in [0.717, 1.165) is 11.3 Å². The van der Waals surface area contributed by atoms with Crippen LogP contribution in [-0.2, 0) is 0 Å². The molecule has 23 heavy (non-hydrogen) atoms. The molecule has 0 radical (unpaired) electrons. The highest BCUT2D eigenvalue weighted by Gasteiger charge is 2.20. The Hall–Kier alpha value is -3.06. The van der Waals surface area contributed by atoms with Gasteiger partial charge >= 0.3 is 0 Å². The van der Waals surface area contributed by atoms with E-state index in [1.807, 2.05) is 0 Å². The number of para-hydroxylation sites is 1. The summed E-state index contributed by atoms with van der Waals surface area (Å²) in [7, 11) is 0. The molecule has 3 rings (SSSR count). The lowest BCUT2D eigenvalue weighted by Crippen LogP contribution is -2.31. The van der Waals surface area contributed by atoms with Gasteiger partial charge in [-0.05, 0) is 18.2 Å². The highest BCUT2D eigenvalue weighted by molar-refractivity contribution is 5.64. The van der Waals surface area contributed by atoms with Gasteiger partial charge in [-0.3, -0.25) is 15.3 Å². The quantitative estimate of drug-likeness (QED) is 0.672. The molecule has 0 unspecified atom stereocenters. The summed E-state index contributed by atoms with van der Waals surface area (Å²) in [6.07, 6.45) is 0.726. The highest BCUT2D eigenvalue weighted by atomic mass is 19.1. The van der Waals surface area contributed by atoms with E-state index in [1.54, 1.807) is 36.4 Å². The molecule has 0 saturated heterocycles. The minimum absolute atomic E-state index is 0.0660. The Morgan fingerprint density at radius 3 is 2.65 bits per heavy atom. The van der Waals surface area contributed by atoms with Gasteiger partial charge in [0.25, 0.3) is 6.20 Å². The zero-order valence-corrected chi connectivity index (χ0v) is 11.9. The normalized spacial score (nSPS) is 15.8. The van der Waals surface area contributed by atoms with E-state index in [9.17, 15) is 19.7 Å². The van der Waals surface area contributed by atoms with Crippen molar-refractivity contribution >= 4 is 5.70 Å². The number of hydroxylamine groups is 2. The van der Waals surface area contributed by atoms with Crippen molar-refractivity contribution in [3.63, 3.8) is 0 Å². The fourth-order valence-electron chi connectivity index (χ4n) is 2.46. The molecule has 6 nitrogen and oxygen atoms in total. The molecular formula is C16H12FN3O3. The van der Waals surface area contributed by atoms with Crippen molar-refractivity contribution in [2.75, 3.05) is 6.54 Å². The number of nitro groups is 1. The molecule has 1 N–H and O–H groups in total. The number of benzene rings is 2. The molecule has 0 fully saturated rings. The summed E-state index contributed by atoms with van der Waals surface area (Å²) in [4.78, 5) is 14.3. The smallest absolute Gasteiger partial charge is 0.257 e. The Balaban J connectivity index is 2.36. The second kappa shape index (κ2) is 5.98. The maximum Gasteiger partial charge on any atom is 0.257 e. The molecule has 1 aliphatic rings. The number of fused-ring (bicyclic) bond motifs is 1. The van der Waals surface area contributed by atoms with E-state index in [-0.39, 0.29) is 23.5 Å². The summed E-state index contributed by atoms with van der Waals surface area (Å²) < 4.78 is 14.2. The van der Waals surface area contributed by atoms with Gasteiger partial charge in [-0.25, -0.2) is 14.4 Å². The standard InChI is InChI=1S/C16H12FN3O3/c17-14-7-3-1-5-12(14)16-13-6-2-4-8-15(13)18-11(9-19(16)21)10-20(22)23/h1-8,10,21H,9H2/b11-10-. The monoisotopic (exact) mass is 313 g/mol. The number of rotatable bonds is 2. The van der Waals surface area contributed by atoms with Crippen LogP contribution in [0.2, 0.25) is 0 Å². The van der Waals surface area contributed by atoms with Crippen LogP contribution in [0, 0.1) is 15.9 Å². The molecule has 0 bridgehead atoms. The summed E-state index contributed by atoms with van der Waals surface area (Å²) >= 11 is 0. The Morgan fingerprint density at radius 1 is 1.22 bits per heavy atom. The second-order valence-electron chi connectivity index (χ2n) is 4.92. The molecule has 0 amide bonds. The van der Waals surface area contributed by atoms with E-state index < -0.39 is 10.7 Å². The fraction of sp³-hybridized carbons (Fsp3) is 0.0625. The Labute approximate surface area is 130 Å². The average Bonchev–Trinajstić information content (AvgIpc) is 2.63. The van der Waals surface area contributed by atoms with Crippen molar-refractivity contribution in [3.8, 4) is 0 Å². The zero-order chi connectivity index (χ0) is 16.4. The van der Waals surface area contributed by atoms with Gasteiger partial charge in [-0.2, -0.15) is 0 Å². The molecule has 7 heteroatoms. The lowest BCUT2D eigenvalue weighted by Gasteiger charge is -2.19. The average molecular weight is 313 g/mol. The molecule has 1 heterocycles. The SMILES string of the molecule is O=[N+]([O-])/C=C1/CN(O)C(c2ccccc2F)=c2ccccc2=N1. The third-order valence-corrected chi connectivity index (χ3v) is 3.38. The molecule has 2 aromatic rings. The molecular weight excluding hydrogens is 301 g/mol. The van der Waals surface area contributed by atoms with Gasteiger partial charge in [0, 0.05) is 10.8 Å².